The predicted molar refractivity (Wildman–Crippen MR) is 93.8 cm³/mol. The van der Waals surface area contributed by atoms with Crippen molar-refractivity contribution in [3.8, 4) is 0 Å². The number of hydrogen-bond acceptors (Lipinski definition) is 3. The van der Waals surface area contributed by atoms with Gasteiger partial charge >= 0.3 is 0 Å². The van der Waals surface area contributed by atoms with Crippen LogP contribution in [-0.2, 0) is 6.54 Å². The van der Waals surface area contributed by atoms with Gasteiger partial charge in [0.15, 0.2) is 0 Å². The Morgan fingerprint density at radius 1 is 0.957 bits per heavy atom. The Kier molecular flexibility index (Phi) is 4.93. The van der Waals surface area contributed by atoms with E-state index in [0.717, 1.165) is 31.7 Å². The minimum absolute atomic E-state index is 0.0336. The number of amides is 1. The second-order valence-electron chi connectivity index (χ2n) is 6.01. The van der Waals surface area contributed by atoms with Crippen molar-refractivity contribution in [2.75, 3.05) is 38.1 Å². The van der Waals surface area contributed by atoms with E-state index in [4.69, 9.17) is 0 Å². The quantitative estimate of drug-likeness (QED) is 0.942. The molecule has 2 aromatic rings. The third-order valence-corrected chi connectivity index (χ3v) is 4.29. The summed E-state index contributed by atoms with van der Waals surface area (Å²) in [6.07, 6.45) is 0. The lowest BCUT2D eigenvalue weighted by molar-refractivity contribution is 0.0951. The maximum Gasteiger partial charge on any atom is 0.251 e. The highest BCUT2D eigenvalue weighted by molar-refractivity contribution is 5.94. The van der Waals surface area contributed by atoms with Gasteiger partial charge in [0.05, 0.1) is 0 Å². The summed E-state index contributed by atoms with van der Waals surface area (Å²) in [6, 6.07) is 17.8. The van der Waals surface area contributed by atoms with Crippen molar-refractivity contribution in [3.63, 3.8) is 0 Å². The van der Waals surface area contributed by atoms with Crippen LogP contribution in [0.1, 0.15) is 15.9 Å². The van der Waals surface area contributed by atoms with Crippen LogP contribution in [0.4, 0.5) is 5.69 Å². The summed E-state index contributed by atoms with van der Waals surface area (Å²) in [5, 5.41) is 2.96. The van der Waals surface area contributed by atoms with E-state index >= 15 is 0 Å². The monoisotopic (exact) mass is 309 g/mol. The van der Waals surface area contributed by atoms with Gasteiger partial charge in [-0.3, -0.25) is 4.79 Å². The molecule has 2 aromatic carbocycles. The zero-order valence-corrected chi connectivity index (χ0v) is 13.5. The van der Waals surface area contributed by atoms with Crippen LogP contribution in [0.15, 0.2) is 54.6 Å². The minimum Gasteiger partial charge on any atom is -0.369 e. The van der Waals surface area contributed by atoms with Crippen molar-refractivity contribution in [2.24, 2.45) is 0 Å². The van der Waals surface area contributed by atoms with Gasteiger partial charge in [-0.2, -0.15) is 0 Å². The molecule has 0 atom stereocenters. The maximum absolute atomic E-state index is 12.0. The van der Waals surface area contributed by atoms with E-state index in [0.29, 0.717) is 12.1 Å². The molecule has 0 bridgehead atoms. The van der Waals surface area contributed by atoms with Crippen LogP contribution in [0.3, 0.4) is 0 Å². The lowest BCUT2D eigenvalue weighted by Crippen LogP contribution is -2.44. The van der Waals surface area contributed by atoms with Gasteiger partial charge in [0.25, 0.3) is 5.91 Å². The zero-order valence-electron chi connectivity index (χ0n) is 13.5. The Hall–Kier alpha value is -2.33. The molecular formula is C19H23N3O. The van der Waals surface area contributed by atoms with Gasteiger partial charge < -0.3 is 15.1 Å². The number of benzene rings is 2. The number of hydrogen-bond donors (Lipinski definition) is 1. The van der Waals surface area contributed by atoms with Crippen LogP contribution in [0.25, 0.3) is 0 Å². The van der Waals surface area contributed by atoms with E-state index in [1.165, 1.54) is 5.69 Å². The number of piperazine rings is 1. The summed E-state index contributed by atoms with van der Waals surface area (Å²) in [7, 11) is 2.16. The Balaban J connectivity index is 1.54. The third-order valence-electron chi connectivity index (χ3n) is 4.29. The first kappa shape index (κ1) is 15.6. The fraction of sp³-hybridized carbons (Fsp3) is 0.316. The molecule has 0 aromatic heterocycles. The average molecular weight is 309 g/mol. The van der Waals surface area contributed by atoms with Gasteiger partial charge in [0, 0.05) is 44.0 Å². The van der Waals surface area contributed by atoms with Crippen LogP contribution in [0, 0.1) is 0 Å². The first-order valence-electron chi connectivity index (χ1n) is 8.08. The van der Waals surface area contributed by atoms with Crippen molar-refractivity contribution < 1.29 is 4.79 Å². The Morgan fingerprint density at radius 3 is 2.26 bits per heavy atom. The fourth-order valence-corrected chi connectivity index (χ4v) is 2.76. The number of carbonyl (C=O) groups is 1. The van der Waals surface area contributed by atoms with E-state index in [9.17, 15) is 4.79 Å². The minimum atomic E-state index is -0.0336. The normalized spacial score (nSPS) is 15.4. The van der Waals surface area contributed by atoms with Gasteiger partial charge in [-0.05, 0) is 36.9 Å². The highest BCUT2D eigenvalue weighted by Crippen LogP contribution is 2.17. The molecule has 1 aliphatic heterocycles. The number of nitrogens with one attached hydrogen (secondary N) is 1. The predicted octanol–water partition coefficient (Wildman–Crippen LogP) is 2.37. The molecule has 1 saturated heterocycles. The number of anilines is 1. The van der Waals surface area contributed by atoms with E-state index < -0.39 is 0 Å². The maximum atomic E-state index is 12.0. The van der Waals surface area contributed by atoms with E-state index in [1.807, 2.05) is 30.3 Å². The Labute approximate surface area is 137 Å². The molecule has 120 valence electrons. The molecule has 1 heterocycles. The number of carbonyl (C=O) groups excluding carboxylic acids is 1. The molecule has 4 heteroatoms. The molecular weight excluding hydrogens is 286 g/mol. The molecule has 0 spiro atoms. The van der Waals surface area contributed by atoms with Crippen molar-refractivity contribution in [2.45, 2.75) is 6.54 Å². The van der Waals surface area contributed by atoms with E-state index in [1.54, 1.807) is 0 Å². The first-order valence-corrected chi connectivity index (χ1v) is 8.08. The summed E-state index contributed by atoms with van der Waals surface area (Å²) in [5.41, 5.74) is 3.07. The standard InChI is InChI=1S/C19H23N3O/c1-21-11-13-22(14-12-21)18-9-7-16(8-10-18)15-20-19(23)17-5-3-2-4-6-17/h2-10H,11-15H2,1H3,(H,20,23). The van der Waals surface area contributed by atoms with Crippen molar-refractivity contribution in [1.82, 2.24) is 10.2 Å². The molecule has 1 amide bonds. The second kappa shape index (κ2) is 7.29. The van der Waals surface area contributed by atoms with Gasteiger partial charge in [-0.15, -0.1) is 0 Å². The van der Waals surface area contributed by atoms with Gasteiger partial charge in [-0.1, -0.05) is 30.3 Å². The van der Waals surface area contributed by atoms with Crippen LogP contribution < -0.4 is 10.2 Å². The highest BCUT2D eigenvalue weighted by atomic mass is 16.1. The zero-order chi connectivity index (χ0) is 16.1. The van der Waals surface area contributed by atoms with E-state index in [-0.39, 0.29) is 5.91 Å². The SMILES string of the molecule is CN1CCN(c2ccc(CNC(=O)c3ccccc3)cc2)CC1. The molecule has 0 unspecified atom stereocenters. The summed E-state index contributed by atoms with van der Waals surface area (Å²) in [5.74, 6) is -0.0336. The molecule has 23 heavy (non-hydrogen) atoms. The molecule has 3 rings (SSSR count). The number of likely N-dealkylation sites (N-methyl/N-ethyl adjacent to an activating group) is 1. The smallest absolute Gasteiger partial charge is 0.251 e. The molecule has 0 radical (unpaired) electrons. The van der Waals surface area contributed by atoms with Crippen LogP contribution >= 0.6 is 0 Å². The molecule has 1 N–H and O–H groups in total. The van der Waals surface area contributed by atoms with Crippen molar-refractivity contribution in [1.29, 1.82) is 0 Å². The van der Waals surface area contributed by atoms with Crippen LogP contribution in [0.5, 0.6) is 0 Å². The van der Waals surface area contributed by atoms with Crippen LogP contribution in [0.2, 0.25) is 0 Å². The Bertz CT molecular complexity index is 631. The summed E-state index contributed by atoms with van der Waals surface area (Å²) < 4.78 is 0. The van der Waals surface area contributed by atoms with Gasteiger partial charge in [-0.25, -0.2) is 0 Å². The summed E-state index contributed by atoms with van der Waals surface area (Å²) >= 11 is 0. The third kappa shape index (κ3) is 4.11. The van der Waals surface area contributed by atoms with Gasteiger partial charge in [0.1, 0.15) is 0 Å². The molecule has 1 fully saturated rings. The Morgan fingerprint density at radius 2 is 1.61 bits per heavy atom. The summed E-state index contributed by atoms with van der Waals surface area (Å²) in [4.78, 5) is 16.8. The second-order valence-corrected chi connectivity index (χ2v) is 6.01. The highest BCUT2D eigenvalue weighted by Gasteiger charge is 2.14. The fourth-order valence-electron chi connectivity index (χ4n) is 2.76. The lowest BCUT2D eigenvalue weighted by Gasteiger charge is -2.34. The van der Waals surface area contributed by atoms with E-state index in [2.05, 4.69) is 46.4 Å². The van der Waals surface area contributed by atoms with Crippen molar-refractivity contribution in [3.05, 3.63) is 65.7 Å². The number of nitrogens with zero attached hydrogens (tertiary/aromatic N) is 2. The molecule has 4 nitrogen and oxygen atoms in total. The first-order chi connectivity index (χ1) is 11.2. The molecule has 0 aliphatic carbocycles. The van der Waals surface area contributed by atoms with Gasteiger partial charge in [0.2, 0.25) is 0 Å². The average Bonchev–Trinajstić information content (AvgIpc) is 2.61. The topological polar surface area (TPSA) is 35.6 Å². The largest absolute Gasteiger partial charge is 0.369 e. The summed E-state index contributed by atoms with van der Waals surface area (Å²) in [6.45, 7) is 4.90. The van der Waals surface area contributed by atoms with Crippen molar-refractivity contribution >= 4 is 11.6 Å². The molecule has 1 aliphatic rings. The molecule has 0 saturated carbocycles. The van der Waals surface area contributed by atoms with Crippen LogP contribution in [-0.4, -0.2) is 44.0 Å². The lowest BCUT2D eigenvalue weighted by atomic mass is 10.1. The number of rotatable bonds is 4.